The Morgan fingerprint density at radius 1 is 0.277 bits per heavy atom. The van der Waals surface area contributed by atoms with Crippen molar-refractivity contribution in [3.63, 3.8) is 0 Å². The molecule has 0 amide bonds. The molecule has 7 atom stereocenters. The van der Waals surface area contributed by atoms with Gasteiger partial charge in [-0.1, -0.05) is 382 Å². The second-order valence-electron chi connectivity index (χ2n) is 30.0. The minimum atomic E-state index is -4.96. The summed E-state index contributed by atoms with van der Waals surface area (Å²) in [4.78, 5) is 73.0. The van der Waals surface area contributed by atoms with Gasteiger partial charge in [0.1, 0.15) is 19.3 Å². The average Bonchev–Trinajstić information content (AvgIpc) is 0.939. The number of esters is 4. The smallest absolute Gasteiger partial charge is 0.462 e. The molecule has 0 aliphatic carbocycles. The second-order valence-corrected chi connectivity index (χ2v) is 32.9. The van der Waals surface area contributed by atoms with E-state index in [-0.39, 0.29) is 25.7 Å². The zero-order chi connectivity index (χ0) is 74.2. The Bertz CT molecular complexity index is 1950. The van der Waals surface area contributed by atoms with E-state index in [9.17, 15) is 43.2 Å². The van der Waals surface area contributed by atoms with Gasteiger partial charge in [0.2, 0.25) is 0 Å². The van der Waals surface area contributed by atoms with Crippen molar-refractivity contribution in [3.8, 4) is 0 Å². The van der Waals surface area contributed by atoms with Crippen LogP contribution in [0.1, 0.15) is 433 Å². The van der Waals surface area contributed by atoms with Gasteiger partial charge in [-0.3, -0.25) is 37.3 Å². The zero-order valence-electron chi connectivity index (χ0n) is 66.2. The van der Waals surface area contributed by atoms with Crippen LogP contribution in [0.15, 0.2) is 0 Å². The van der Waals surface area contributed by atoms with Gasteiger partial charge in [0.15, 0.2) is 12.2 Å². The van der Waals surface area contributed by atoms with Gasteiger partial charge in [-0.15, -0.1) is 0 Å². The van der Waals surface area contributed by atoms with Gasteiger partial charge in [-0.05, 0) is 37.5 Å². The molecular weight excluding hydrogens is 1320 g/mol. The van der Waals surface area contributed by atoms with Crippen molar-refractivity contribution in [1.82, 2.24) is 0 Å². The summed E-state index contributed by atoms with van der Waals surface area (Å²) < 4.78 is 68.7. The van der Waals surface area contributed by atoms with Gasteiger partial charge in [0, 0.05) is 25.7 Å². The number of aliphatic hydroxyl groups is 1. The predicted molar refractivity (Wildman–Crippen MR) is 414 cm³/mol. The van der Waals surface area contributed by atoms with E-state index in [1.165, 1.54) is 244 Å². The zero-order valence-corrected chi connectivity index (χ0v) is 68.0. The van der Waals surface area contributed by atoms with E-state index in [2.05, 4.69) is 41.5 Å². The first-order valence-electron chi connectivity index (χ1n) is 42.6. The van der Waals surface area contributed by atoms with E-state index in [0.717, 1.165) is 108 Å². The van der Waals surface area contributed by atoms with Crippen LogP contribution in [0.3, 0.4) is 0 Å². The number of carbonyl (C=O) groups is 4. The number of phosphoric acid groups is 2. The Morgan fingerprint density at radius 3 is 0.703 bits per heavy atom. The molecule has 0 aliphatic rings. The standard InChI is InChI=1S/C82H160O17P2/c1-7-11-13-15-17-19-21-23-25-26-27-28-29-30-31-33-35-37-42-46-54-60-66-81(86)98-77(70-92-79(84)64-58-52-45-41-36-34-32-24-22-20-18-16-14-12-8-2)72-96-100(88,89)94-68-76(83)69-95-101(90,91)97-73-78(71-93-80(85)65-59-53-49-48-51-57-63-75(6)10-4)99-82(87)67-61-55-47-43-39-38-40-44-50-56-62-74(5)9-3/h74-78,83H,7-73H2,1-6H3,(H,88,89)(H,90,91)/t74?,75?,76-,77-,78-/m1/s1. The van der Waals surface area contributed by atoms with Gasteiger partial charge in [-0.2, -0.15) is 0 Å². The normalized spacial score (nSPS) is 14.4. The Balaban J connectivity index is 5.22. The highest BCUT2D eigenvalue weighted by Crippen LogP contribution is 2.45. The molecule has 0 heterocycles. The summed E-state index contributed by atoms with van der Waals surface area (Å²) >= 11 is 0. The number of hydrogen-bond acceptors (Lipinski definition) is 15. The minimum Gasteiger partial charge on any atom is -0.462 e. The minimum absolute atomic E-state index is 0.106. The SMILES string of the molecule is CCCCCCCCCCCCCCCCCCCCCCCCC(=O)O[C@H](COC(=O)CCCCCCCCCCCCCCCCC)COP(=O)(O)OC[C@@H](O)COP(=O)(O)OC[C@@H](COC(=O)CCCCCCCCC(C)CC)OC(=O)CCCCCCCCCCCCC(C)CC. The third-order valence-corrected chi connectivity index (χ3v) is 21.8. The quantitative estimate of drug-likeness (QED) is 0.0222. The number of rotatable bonds is 81. The Hall–Kier alpha value is -1.94. The van der Waals surface area contributed by atoms with Gasteiger partial charge in [0.05, 0.1) is 26.4 Å². The molecule has 0 saturated carbocycles. The molecule has 0 bridgehead atoms. The van der Waals surface area contributed by atoms with Crippen molar-refractivity contribution in [2.24, 2.45) is 11.8 Å². The molecule has 17 nitrogen and oxygen atoms in total. The van der Waals surface area contributed by atoms with E-state index in [0.29, 0.717) is 25.7 Å². The van der Waals surface area contributed by atoms with Gasteiger partial charge in [-0.25, -0.2) is 9.13 Å². The van der Waals surface area contributed by atoms with Crippen LogP contribution in [0.5, 0.6) is 0 Å². The molecule has 0 saturated heterocycles. The van der Waals surface area contributed by atoms with E-state index in [4.69, 9.17) is 37.0 Å². The topological polar surface area (TPSA) is 237 Å². The second kappa shape index (κ2) is 73.6. The van der Waals surface area contributed by atoms with E-state index in [1.54, 1.807) is 0 Å². The molecule has 0 aliphatic heterocycles. The van der Waals surface area contributed by atoms with Crippen LogP contribution >= 0.6 is 15.6 Å². The van der Waals surface area contributed by atoms with Crippen molar-refractivity contribution < 1.29 is 80.2 Å². The van der Waals surface area contributed by atoms with E-state index >= 15 is 0 Å². The van der Waals surface area contributed by atoms with Gasteiger partial charge in [0.25, 0.3) is 0 Å². The highest BCUT2D eigenvalue weighted by molar-refractivity contribution is 7.47. The number of aliphatic hydroxyl groups excluding tert-OH is 1. The maximum absolute atomic E-state index is 13.1. The average molecular weight is 1480 g/mol. The monoisotopic (exact) mass is 1480 g/mol. The summed E-state index contributed by atoms with van der Waals surface area (Å²) in [5, 5.41) is 10.6. The van der Waals surface area contributed by atoms with E-state index in [1.807, 2.05) is 0 Å². The molecule has 0 aromatic rings. The first-order valence-corrected chi connectivity index (χ1v) is 45.6. The number of unbranched alkanes of at least 4 members (excludes halogenated alkanes) is 49. The maximum Gasteiger partial charge on any atom is 0.472 e. The summed E-state index contributed by atoms with van der Waals surface area (Å²) in [5.74, 6) is -0.576. The molecule has 101 heavy (non-hydrogen) atoms. The molecule has 0 rings (SSSR count). The summed E-state index contributed by atoms with van der Waals surface area (Å²) in [7, 11) is -9.92. The van der Waals surface area contributed by atoms with Gasteiger partial charge < -0.3 is 33.8 Å². The fraction of sp³-hybridized carbons (Fsp3) is 0.951. The van der Waals surface area contributed by atoms with E-state index < -0.39 is 97.5 Å². The van der Waals surface area contributed by atoms with Crippen LogP contribution in [0.25, 0.3) is 0 Å². The van der Waals surface area contributed by atoms with Crippen molar-refractivity contribution >= 4 is 39.5 Å². The van der Waals surface area contributed by atoms with Crippen LogP contribution < -0.4 is 0 Å². The highest BCUT2D eigenvalue weighted by Gasteiger charge is 2.30. The lowest BCUT2D eigenvalue weighted by molar-refractivity contribution is -0.161. The molecular formula is C82H160O17P2. The number of carbonyl (C=O) groups excluding carboxylic acids is 4. The third kappa shape index (κ3) is 73.4. The summed E-state index contributed by atoms with van der Waals surface area (Å²) in [6, 6.07) is 0. The fourth-order valence-corrected chi connectivity index (χ4v) is 14.2. The highest BCUT2D eigenvalue weighted by atomic mass is 31.2. The Morgan fingerprint density at radius 2 is 0.475 bits per heavy atom. The fourth-order valence-electron chi connectivity index (χ4n) is 12.6. The molecule has 600 valence electrons. The first-order chi connectivity index (χ1) is 48.9. The van der Waals surface area contributed by atoms with Crippen LogP contribution in [-0.2, 0) is 65.4 Å². The molecule has 3 N–H and O–H groups in total. The number of hydrogen-bond donors (Lipinski definition) is 3. The van der Waals surface area contributed by atoms with Gasteiger partial charge >= 0.3 is 39.5 Å². The van der Waals surface area contributed by atoms with Crippen molar-refractivity contribution in [1.29, 1.82) is 0 Å². The summed E-state index contributed by atoms with van der Waals surface area (Å²) in [5.41, 5.74) is 0. The summed E-state index contributed by atoms with van der Waals surface area (Å²) in [6.07, 6.45) is 63.9. The molecule has 19 heteroatoms. The Kier molecular flexibility index (Phi) is 72.2. The van der Waals surface area contributed by atoms with Crippen LogP contribution in [0.4, 0.5) is 0 Å². The lowest BCUT2D eigenvalue weighted by Crippen LogP contribution is -2.30. The molecule has 0 fully saturated rings. The molecule has 4 unspecified atom stereocenters. The number of ether oxygens (including phenoxy) is 4. The third-order valence-electron chi connectivity index (χ3n) is 19.9. The first kappa shape index (κ1) is 99.1. The molecule has 0 spiro atoms. The molecule has 0 radical (unpaired) electrons. The lowest BCUT2D eigenvalue weighted by atomic mass is 9.99. The van der Waals surface area contributed by atoms with Crippen LogP contribution in [-0.4, -0.2) is 96.7 Å². The predicted octanol–water partition coefficient (Wildman–Crippen LogP) is 24.7. The van der Waals surface area contributed by atoms with Crippen molar-refractivity contribution in [2.45, 2.75) is 452 Å². The lowest BCUT2D eigenvalue weighted by Gasteiger charge is -2.21. The van der Waals surface area contributed by atoms with Crippen LogP contribution in [0, 0.1) is 11.8 Å². The van der Waals surface area contributed by atoms with Crippen LogP contribution in [0.2, 0.25) is 0 Å². The van der Waals surface area contributed by atoms with Crippen molar-refractivity contribution in [3.05, 3.63) is 0 Å². The Labute approximate surface area is 619 Å². The maximum atomic E-state index is 13.1. The molecule has 0 aromatic carbocycles. The number of phosphoric ester groups is 2. The largest absolute Gasteiger partial charge is 0.472 e. The van der Waals surface area contributed by atoms with Crippen molar-refractivity contribution in [2.75, 3.05) is 39.6 Å². The molecule has 0 aromatic heterocycles. The summed E-state index contributed by atoms with van der Waals surface area (Å²) in [6.45, 7) is 9.62.